The predicted octanol–water partition coefficient (Wildman–Crippen LogP) is 4.48. The monoisotopic (exact) mass is 507 g/mol. The third-order valence-electron chi connectivity index (χ3n) is 7.85. The standard InChI is InChI=1S/C28H38BNO5Si/c1-26(2,3)36(23-14-10-8-11-15-23,24-16-12-9-13-17-24)33-20-22-18-21(19-30(22)25(31)32)29-34-27(4,5)28(6,7)35-29/h8-18,22H,19-20H2,1-7H3,(H,31,32)/t22-/m1/s1. The molecular formula is C28H38BNO5Si. The third-order valence-corrected chi connectivity index (χ3v) is 12.9. The van der Waals surface area contributed by atoms with Crippen LogP contribution in [0.5, 0.6) is 0 Å². The lowest BCUT2D eigenvalue weighted by atomic mass is 9.78. The molecule has 2 heterocycles. The number of rotatable bonds is 6. The Kier molecular flexibility index (Phi) is 7.03. The summed E-state index contributed by atoms with van der Waals surface area (Å²) in [6.07, 6.45) is 0.988. The smallest absolute Gasteiger partial charge is 0.465 e. The topological polar surface area (TPSA) is 68.2 Å². The Hall–Kier alpha value is -2.39. The molecule has 192 valence electrons. The minimum Gasteiger partial charge on any atom is -0.465 e. The van der Waals surface area contributed by atoms with Crippen molar-refractivity contribution in [2.75, 3.05) is 13.2 Å². The molecule has 0 bridgehead atoms. The van der Waals surface area contributed by atoms with E-state index in [-0.39, 0.29) is 18.2 Å². The fourth-order valence-corrected chi connectivity index (χ4v) is 9.75. The number of carbonyl (C=O) groups is 1. The molecule has 2 aliphatic heterocycles. The number of nitrogens with zero attached hydrogens (tertiary/aromatic N) is 1. The number of hydrogen-bond acceptors (Lipinski definition) is 4. The van der Waals surface area contributed by atoms with Gasteiger partial charge >= 0.3 is 13.2 Å². The van der Waals surface area contributed by atoms with Gasteiger partial charge < -0.3 is 18.8 Å². The maximum absolute atomic E-state index is 12.3. The van der Waals surface area contributed by atoms with E-state index in [0.717, 1.165) is 5.47 Å². The molecule has 2 aromatic carbocycles. The molecule has 1 fully saturated rings. The Labute approximate surface area is 216 Å². The second kappa shape index (κ2) is 9.49. The lowest BCUT2D eigenvalue weighted by Gasteiger charge is -2.43. The summed E-state index contributed by atoms with van der Waals surface area (Å²) in [5.41, 5.74) is -0.154. The van der Waals surface area contributed by atoms with Crippen LogP contribution < -0.4 is 10.4 Å². The normalized spacial score (nSPS) is 21.5. The Morgan fingerprint density at radius 3 is 1.89 bits per heavy atom. The van der Waals surface area contributed by atoms with Crippen LogP contribution in [0.15, 0.2) is 72.2 Å². The molecule has 2 aromatic rings. The first-order valence-electron chi connectivity index (χ1n) is 12.6. The van der Waals surface area contributed by atoms with Crippen LogP contribution in [0.1, 0.15) is 48.5 Å². The van der Waals surface area contributed by atoms with Crippen molar-refractivity contribution in [3.63, 3.8) is 0 Å². The summed E-state index contributed by atoms with van der Waals surface area (Å²) in [5, 5.41) is 12.2. The molecule has 2 aliphatic rings. The van der Waals surface area contributed by atoms with Gasteiger partial charge in [-0.3, -0.25) is 4.90 Å². The van der Waals surface area contributed by atoms with Crippen molar-refractivity contribution < 1.29 is 23.6 Å². The van der Waals surface area contributed by atoms with Crippen LogP contribution in [0.2, 0.25) is 5.04 Å². The van der Waals surface area contributed by atoms with Gasteiger partial charge in [0.1, 0.15) is 0 Å². The summed E-state index contributed by atoms with van der Waals surface area (Å²) >= 11 is 0. The molecule has 0 radical (unpaired) electrons. The third kappa shape index (κ3) is 4.67. The van der Waals surface area contributed by atoms with Crippen LogP contribution in [-0.2, 0) is 13.7 Å². The van der Waals surface area contributed by atoms with Crippen LogP contribution in [0, 0.1) is 0 Å². The average molecular weight is 508 g/mol. The summed E-state index contributed by atoms with van der Waals surface area (Å²) in [4.78, 5) is 13.7. The Morgan fingerprint density at radius 2 is 1.47 bits per heavy atom. The molecule has 4 rings (SSSR count). The molecule has 36 heavy (non-hydrogen) atoms. The predicted molar refractivity (Wildman–Crippen MR) is 146 cm³/mol. The molecule has 0 aromatic heterocycles. The van der Waals surface area contributed by atoms with Crippen molar-refractivity contribution in [1.82, 2.24) is 4.90 Å². The molecule has 1 saturated heterocycles. The van der Waals surface area contributed by atoms with E-state index in [2.05, 4.69) is 45.0 Å². The molecule has 0 spiro atoms. The number of amides is 1. The van der Waals surface area contributed by atoms with Gasteiger partial charge in [0, 0.05) is 6.54 Å². The summed E-state index contributed by atoms with van der Waals surface area (Å²) in [6.45, 7) is 15.1. The van der Waals surface area contributed by atoms with Gasteiger partial charge in [0.2, 0.25) is 0 Å². The summed E-state index contributed by atoms with van der Waals surface area (Å²) < 4.78 is 19.5. The largest absolute Gasteiger partial charge is 0.492 e. The Balaban J connectivity index is 1.69. The number of hydrogen-bond donors (Lipinski definition) is 1. The molecule has 1 amide bonds. The van der Waals surface area contributed by atoms with E-state index in [9.17, 15) is 9.90 Å². The van der Waals surface area contributed by atoms with E-state index in [1.807, 2.05) is 70.2 Å². The van der Waals surface area contributed by atoms with Gasteiger partial charge in [-0.25, -0.2) is 4.79 Å². The van der Waals surface area contributed by atoms with Crippen molar-refractivity contribution in [3.8, 4) is 0 Å². The lowest BCUT2D eigenvalue weighted by molar-refractivity contribution is 0.00578. The average Bonchev–Trinajstić information content (AvgIpc) is 3.33. The van der Waals surface area contributed by atoms with Crippen LogP contribution in [0.3, 0.4) is 0 Å². The first-order chi connectivity index (χ1) is 16.8. The van der Waals surface area contributed by atoms with Gasteiger partial charge in [0.25, 0.3) is 8.32 Å². The van der Waals surface area contributed by atoms with E-state index < -0.39 is 38.8 Å². The second-order valence-electron chi connectivity index (χ2n) is 11.8. The summed E-state index contributed by atoms with van der Waals surface area (Å²) in [6, 6.07) is 20.3. The quantitative estimate of drug-likeness (QED) is 0.584. The van der Waals surface area contributed by atoms with E-state index in [1.165, 1.54) is 15.3 Å². The zero-order valence-electron chi connectivity index (χ0n) is 22.4. The summed E-state index contributed by atoms with van der Waals surface area (Å²) in [7, 11) is -3.37. The van der Waals surface area contributed by atoms with Gasteiger partial charge in [0.05, 0.1) is 23.9 Å². The van der Waals surface area contributed by atoms with Crippen molar-refractivity contribution in [2.45, 2.75) is 70.7 Å². The van der Waals surface area contributed by atoms with Crippen molar-refractivity contribution in [3.05, 3.63) is 72.2 Å². The second-order valence-corrected chi connectivity index (χ2v) is 16.1. The van der Waals surface area contributed by atoms with Gasteiger partial charge in [-0.15, -0.1) is 0 Å². The molecule has 0 aliphatic carbocycles. The van der Waals surface area contributed by atoms with Gasteiger partial charge in [-0.05, 0) is 48.6 Å². The maximum Gasteiger partial charge on any atom is 0.492 e. The van der Waals surface area contributed by atoms with Crippen molar-refractivity contribution in [1.29, 1.82) is 0 Å². The number of benzene rings is 2. The molecule has 0 saturated carbocycles. The van der Waals surface area contributed by atoms with Crippen molar-refractivity contribution in [2.24, 2.45) is 0 Å². The number of carboxylic acid groups (broad SMARTS) is 1. The van der Waals surface area contributed by atoms with Crippen LogP contribution >= 0.6 is 0 Å². The van der Waals surface area contributed by atoms with E-state index in [0.29, 0.717) is 0 Å². The minimum absolute atomic E-state index is 0.194. The lowest BCUT2D eigenvalue weighted by Crippen LogP contribution is -2.67. The molecular weight excluding hydrogens is 469 g/mol. The highest BCUT2D eigenvalue weighted by Gasteiger charge is 2.54. The Morgan fingerprint density at radius 1 is 1.00 bits per heavy atom. The van der Waals surface area contributed by atoms with Gasteiger partial charge in [-0.2, -0.15) is 0 Å². The fraction of sp³-hybridized carbons (Fsp3) is 0.464. The van der Waals surface area contributed by atoms with E-state index >= 15 is 0 Å². The zero-order valence-corrected chi connectivity index (χ0v) is 23.4. The highest BCUT2D eigenvalue weighted by Crippen LogP contribution is 2.40. The molecule has 0 unspecified atom stereocenters. The Bertz CT molecular complexity index is 1060. The van der Waals surface area contributed by atoms with E-state index in [4.69, 9.17) is 13.7 Å². The highest BCUT2D eigenvalue weighted by atomic mass is 28.4. The van der Waals surface area contributed by atoms with Gasteiger partial charge in [0.15, 0.2) is 0 Å². The van der Waals surface area contributed by atoms with E-state index in [1.54, 1.807) is 0 Å². The van der Waals surface area contributed by atoms with Crippen LogP contribution in [0.4, 0.5) is 4.79 Å². The first-order valence-corrected chi connectivity index (χ1v) is 14.5. The van der Waals surface area contributed by atoms with Gasteiger partial charge in [-0.1, -0.05) is 87.5 Å². The first kappa shape index (κ1) is 26.7. The zero-order chi connectivity index (χ0) is 26.4. The van der Waals surface area contributed by atoms with Crippen molar-refractivity contribution >= 4 is 31.9 Å². The summed E-state index contributed by atoms with van der Waals surface area (Å²) in [5.74, 6) is 0. The molecule has 6 nitrogen and oxygen atoms in total. The maximum atomic E-state index is 12.3. The van der Waals surface area contributed by atoms with Crippen LogP contribution in [-0.4, -0.2) is 61.9 Å². The highest BCUT2D eigenvalue weighted by molar-refractivity contribution is 6.99. The molecule has 1 N–H and O–H groups in total. The molecule has 1 atom stereocenters. The SMILES string of the molecule is CC1(C)OB(C2=C[C@H](CO[Si](c3ccccc3)(c3ccccc3)C(C)(C)C)N(C(=O)O)C2)OC1(C)C. The molecule has 8 heteroatoms. The minimum atomic E-state index is -2.79. The fourth-order valence-electron chi connectivity index (χ4n) is 5.17. The van der Waals surface area contributed by atoms with Crippen LogP contribution in [0.25, 0.3) is 0 Å².